The topological polar surface area (TPSA) is 36.3 Å². The zero-order chi connectivity index (χ0) is 17.3. The van der Waals surface area contributed by atoms with Gasteiger partial charge in [-0.3, -0.25) is 0 Å². The van der Waals surface area contributed by atoms with Crippen molar-refractivity contribution >= 4 is 11.3 Å². The smallest absolute Gasteiger partial charge is 0.161 e. The maximum atomic E-state index is 5.58. The van der Waals surface area contributed by atoms with E-state index in [0.717, 1.165) is 27.8 Å². The highest BCUT2D eigenvalue weighted by atomic mass is 32.1. The summed E-state index contributed by atoms with van der Waals surface area (Å²) in [6, 6.07) is 8.14. The molecule has 0 amide bonds. The number of thiazole rings is 1. The minimum absolute atomic E-state index is 0.615. The molecule has 0 saturated carbocycles. The molecule has 0 radical (unpaired) electrons. The quantitative estimate of drug-likeness (QED) is 0.666. The molecule has 0 aliphatic heterocycles. The Morgan fingerprint density at radius 3 is 2.58 bits per heavy atom. The van der Waals surface area contributed by atoms with E-state index in [4.69, 9.17) is 14.5 Å². The second-order valence-corrected chi connectivity index (χ2v) is 6.54. The first kappa shape index (κ1) is 16.6. The number of rotatable bonds is 5. The predicted molar refractivity (Wildman–Crippen MR) is 99.2 cm³/mol. The Bertz CT molecular complexity index is 864. The van der Waals surface area contributed by atoms with Gasteiger partial charge in [0.15, 0.2) is 11.5 Å². The number of benzene rings is 1. The number of aromatic nitrogens is 2. The van der Waals surface area contributed by atoms with E-state index in [9.17, 15) is 0 Å². The lowest BCUT2D eigenvalue weighted by molar-refractivity contribution is 0.311. The standard InChI is InChI=1S/C19H22N2O2S/c1-6-23-17-8-7-14(10-18(17)22-5)19-20-16(11-24-19)15-9-12(2)21(4)13(15)3/h7-11H,6H2,1-5H3. The van der Waals surface area contributed by atoms with Gasteiger partial charge in [-0.1, -0.05) is 0 Å². The number of hydrogen-bond acceptors (Lipinski definition) is 4. The van der Waals surface area contributed by atoms with Gasteiger partial charge in [0.05, 0.1) is 19.4 Å². The van der Waals surface area contributed by atoms with E-state index >= 15 is 0 Å². The minimum Gasteiger partial charge on any atom is -0.493 e. The molecule has 0 saturated heterocycles. The lowest BCUT2D eigenvalue weighted by Crippen LogP contribution is -1.95. The molecule has 0 atom stereocenters. The summed E-state index contributed by atoms with van der Waals surface area (Å²) in [5.74, 6) is 1.49. The molecule has 2 heterocycles. The van der Waals surface area contributed by atoms with Crippen LogP contribution in [0.2, 0.25) is 0 Å². The summed E-state index contributed by atoms with van der Waals surface area (Å²) in [5.41, 5.74) is 5.71. The minimum atomic E-state index is 0.615. The number of aryl methyl sites for hydroxylation is 1. The van der Waals surface area contributed by atoms with Crippen LogP contribution >= 0.6 is 11.3 Å². The molecular weight excluding hydrogens is 320 g/mol. The maximum absolute atomic E-state index is 5.58. The highest BCUT2D eigenvalue weighted by Crippen LogP contribution is 2.36. The summed E-state index contributed by atoms with van der Waals surface area (Å²) in [5, 5.41) is 3.09. The van der Waals surface area contributed by atoms with E-state index in [-0.39, 0.29) is 0 Å². The van der Waals surface area contributed by atoms with Gasteiger partial charge in [0.25, 0.3) is 0 Å². The molecule has 3 rings (SSSR count). The molecule has 24 heavy (non-hydrogen) atoms. The second kappa shape index (κ2) is 6.69. The Morgan fingerprint density at radius 2 is 1.96 bits per heavy atom. The Hall–Kier alpha value is -2.27. The van der Waals surface area contributed by atoms with Crippen molar-refractivity contribution in [3.05, 3.63) is 41.0 Å². The third-order valence-corrected chi connectivity index (χ3v) is 5.16. The highest BCUT2D eigenvalue weighted by molar-refractivity contribution is 7.13. The number of ether oxygens (including phenoxy) is 2. The second-order valence-electron chi connectivity index (χ2n) is 5.68. The molecule has 2 aromatic heterocycles. The molecule has 0 spiro atoms. The summed E-state index contributed by atoms with van der Waals surface area (Å²) in [6.07, 6.45) is 0. The van der Waals surface area contributed by atoms with Crippen molar-refractivity contribution in [3.8, 4) is 33.3 Å². The largest absolute Gasteiger partial charge is 0.493 e. The van der Waals surface area contributed by atoms with Gasteiger partial charge >= 0.3 is 0 Å². The zero-order valence-corrected chi connectivity index (χ0v) is 15.5. The molecular formula is C19H22N2O2S. The fraction of sp³-hybridized carbons (Fsp3) is 0.316. The van der Waals surface area contributed by atoms with Crippen LogP contribution in [0.5, 0.6) is 11.5 Å². The van der Waals surface area contributed by atoms with Crippen molar-refractivity contribution in [1.29, 1.82) is 0 Å². The summed E-state index contributed by atoms with van der Waals surface area (Å²) in [4.78, 5) is 4.83. The summed E-state index contributed by atoms with van der Waals surface area (Å²) in [7, 11) is 3.74. The van der Waals surface area contributed by atoms with Crippen LogP contribution in [0.3, 0.4) is 0 Å². The Labute approximate surface area is 146 Å². The van der Waals surface area contributed by atoms with Crippen molar-refractivity contribution in [2.75, 3.05) is 13.7 Å². The molecule has 0 N–H and O–H groups in total. The molecule has 5 heteroatoms. The maximum Gasteiger partial charge on any atom is 0.161 e. The predicted octanol–water partition coefficient (Wildman–Crippen LogP) is 4.84. The van der Waals surface area contributed by atoms with Crippen molar-refractivity contribution in [3.63, 3.8) is 0 Å². The molecule has 3 aromatic rings. The Morgan fingerprint density at radius 1 is 1.17 bits per heavy atom. The molecule has 0 bridgehead atoms. The SMILES string of the molecule is CCOc1ccc(-c2nc(-c3cc(C)n(C)c3C)cs2)cc1OC. The van der Waals surface area contributed by atoms with Gasteiger partial charge in [-0.05, 0) is 45.0 Å². The van der Waals surface area contributed by atoms with Crippen LogP contribution in [0, 0.1) is 13.8 Å². The third-order valence-electron chi connectivity index (χ3n) is 4.27. The first-order valence-electron chi connectivity index (χ1n) is 7.95. The molecule has 126 valence electrons. The van der Waals surface area contributed by atoms with Crippen molar-refractivity contribution in [1.82, 2.24) is 9.55 Å². The van der Waals surface area contributed by atoms with Crippen LogP contribution in [0.1, 0.15) is 18.3 Å². The van der Waals surface area contributed by atoms with Gasteiger partial charge in [-0.2, -0.15) is 0 Å². The van der Waals surface area contributed by atoms with Crippen molar-refractivity contribution in [2.45, 2.75) is 20.8 Å². The Balaban J connectivity index is 1.97. The van der Waals surface area contributed by atoms with E-state index in [1.807, 2.05) is 25.1 Å². The average Bonchev–Trinajstić information content (AvgIpc) is 3.16. The first-order valence-corrected chi connectivity index (χ1v) is 8.83. The lowest BCUT2D eigenvalue weighted by Gasteiger charge is -2.09. The lowest BCUT2D eigenvalue weighted by atomic mass is 10.2. The molecule has 1 aromatic carbocycles. The fourth-order valence-electron chi connectivity index (χ4n) is 2.72. The van der Waals surface area contributed by atoms with Crippen molar-refractivity contribution in [2.24, 2.45) is 7.05 Å². The summed E-state index contributed by atoms with van der Waals surface area (Å²) < 4.78 is 13.2. The van der Waals surface area contributed by atoms with Crippen LogP contribution in [0.15, 0.2) is 29.6 Å². The van der Waals surface area contributed by atoms with Crippen LogP contribution < -0.4 is 9.47 Å². The van der Waals surface area contributed by atoms with E-state index in [0.29, 0.717) is 6.61 Å². The van der Waals surface area contributed by atoms with E-state index < -0.39 is 0 Å². The summed E-state index contributed by atoms with van der Waals surface area (Å²) in [6.45, 7) is 6.82. The van der Waals surface area contributed by atoms with E-state index in [1.165, 1.54) is 17.0 Å². The van der Waals surface area contributed by atoms with E-state index in [2.05, 4.69) is 36.9 Å². The normalized spacial score (nSPS) is 10.9. The average molecular weight is 342 g/mol. The molecule has 0 unspecified atom stereocenters. The van der Waals surface area contributed by atoms with Crippen molar-refractivity contribution < 1.29 is 9.47 Å². The van der Waals surface area contributed by atoms with Gasteiger partial charge < -0.3 is 14.0 Å². The molecule has 0 aliphatic rings. The fourth-order valence-corrected chi connectivity index (χ4v) is 3.54. The van der Waals surface area contributed by atoms with Crippen LogP contribution in [-0.2, 0) is 7.05 Å². The van der Waals surface area contributed by atoms with Gasteiger partial charge in [-0.15, -0.1) is 11.3 Å². The van der Waals surface area contributed by atoms with E-state index in [1.54, 1.807) is 18.4 Å². The molecule has 0 fully saturated rings. The van der Waals surface area contributed by atoms with Gasteiger partial charge in [0, 0.05) is 34.9 Å². The van der Waals surface area contributed by atoms with Crippen LogP contribution in [-0.4, -0.2) is 23.3 Å². The summed E-state index contributed by atoms with van der Waals surface area (Å²) >= 11 is 1.64. The molecule has 4 nitrogen and oxygen atoms in total. The highest BCUT2D eigenvalue weighted by Gasteiger charge is 2.14. The molecule has 0 aliphatic carbocycles. The Kier molecular flexibility index (Phi) is 4.62. The van der Waals surface area contributed by atoms with Crippen LogP contribution in [0.4, 0.5) is 0 Å². The third kappa shape index (κ3) is 2.91. The number of methoxy groups -OCH3 is 1. The van der Waals surface area contributed by atoms with Gasteiger partial charge in [0.2, 0.25) is 0 Å². The van der Waals surface area contributed by atoms with Gasteiger partial charge in [-0.25, -0.2) is 4.98 Å². The zero-order valence-electron chi connectivity index (χ0n) is 14.7. The monoisotopic (exact) mass is 342 g/mol. The van der Waals surface area contributed by atoms with Crippen LogP contribution in [0.25, 0.3) is 21.8 Å². The van der Waals surface area contributed by atoms with Gasteiger partial charge in [0.1, 0.15) is 5.01 Å². The number of nitrogens with zero attached hydrogens (tertiary/aromatic N) is 2. The number of hydrogen-bond donors (Lipinski definition) is 0. The first-order chi connectivity index (χ1) is 11.5.